The number of carbonyl (C=O) groups is 2. The average molecular weight is 407 g/mol. The molecule has 0 bridgehead atoms. The molecular formula is C23H25N3O4. The molecule has 7 nitrogen and oxygen atoms in total. The fraction of sp³-hybridized carbons (Fsp3) is 0.304. The van der Waals surface area contributed by atoms with Crippen LogP contribution in [0.3, 0.4) is 0 Å². The maximum atomic E-state index is 13.1. The van der Waals surface area contributed by atoms with Crippen molar-refractivity contribution in [1.29, 1.82) is 0 Å². The van der Waals surface area contributed by atoms with Gasteiger partial charge in [-0.3, -0.25) is 9.97 Å². The molecule has 3 heterocycles. The van der Waals surface area contributed by atoms with E-state index in [1.165, 1.54) is 0 Å². The van der Waals surface area contributed by atoms with Gasteiger partial charge in [0, 0.05) is 36.2 Å². The third-order valence-corrected chi connectivity index (χ3v) is 4.68. The summed E-state index contributed by atoms with van der Waals surface area (Å²) in [5, 5.41) is 3.14. The van der Waals surface area contributed by atoms with Gasteiger partial charge in [0.25, 0.3) is 0 Å². The van der Waals surface area contributed by atoms with Gasteiger partial charge in [-0.25, -0.2) is 9.59 Å². The molecule has 2 aromatic heterocycles. The number of ether oxygens (including phenoxy) is 2. The first-order chi connectivity index (χ1) is 14.4. The van der Waals surface area contributed by atoms with E-state index in [1.807, 2.05) is 6.07 Å². The van der Waals surface area contributed by atoms with Gasteiger partial charge < -0.3 is 14.8 Å². The van der Waals surface area contributed by atoms with Crippen molar-refractivity contribution in [3.63, 3.8) is 0 Å². The topological polar surface area (TPSA) is 90.4 Å². The van der Waals surface area contributed by atoms with Gasteiger partial charge in [-0.15, -0.1) is 0 Å². The van der Waals surface area contributed by atoms with Crippen LogP contribution in [0.5, 0.6) is 0 Å². The van der Waals surface area contributed by atoms with E-state index in [-0.39, 0.29) is 12.7 Å². The Kier molecular flexibility index (Phi) is 6.61. The van der Waals surface area contributed by atoms with Crippen LogP contribution < -0.4 is 5.32 Å². The van der Waals surface area contributed by atoms with E-state index in [9.17, 15) is 9.59 Å². The van der Waals surface area contributed by atoms with E-state index in [1.54, 1.807) is 70.7 Å². The van der Waals surface area contributed by atoms with Crippen molar-refractivity contribution in [3.05, 3.63) is 82.7 Å². The zero-order valence-electron chi connectivity index (χ0n) is 17.5. The van der Waals surface area contributed by atoms with Crippen molar-refractivity contribution in [1.82, 2.24) is 15.3 Å². The molecule has 156 valence electrons. The molecule has 1 unspecified atom stereocenters. The molecule has 1 atom stereocenters. The molecule has 1 aliphatic rings. The number of nitrogens with one attached hydrogen (secondary N) is 1. The maximum Gasteiger partial charge on any atom is 0.337 e. The Morgan fingerprint density at radius 1 is 1.00 bits per heavy atom. The summed E-state index contributed by atoms with van der Waals surface area (Å²) in [6.07, 6.45) is 6.28. The Balaban J connectivity index is 1.98. The lowest BCUT2D eigenvalue weighted by molar-refractivity contribution is -0.143. The normalized spacial score (nSPS) is 16.4. The summed E-state index contributed by atoms with van der Waals surface area (Å²) >= 11 is 0. The molecule has 3 rings (SSSR count). The number of carbonyl (C=O) groups excluding carboxylic acids is 2. The highest BCUT2D eigenvalue weighted by Gasteiger charge is 2.38. The summed E-state index contributed by atoms with van der Waals surface area (Å²) in [5.41, 5.74) is 3.53. The first-order valence-electron chi connectivity index (χ1n) is 9.74. The van der Waals surface area contributed by atoms with Crippen LogP contribution in [-0.4, -0.2) is 28.0 Å². The second-order valence-electron chi connectivity index (χ2n) is 7.31. The first kappa shape index (κ1) is 21.2. The van der Waals surface area contributed by atoms with Crippen LogP contribution in [0.2, 0.25) is 0 Å². The number of hydrogen-bond donors (Lipinski definition) is 1. The molecule has 1 N–H and O–H groups in total. The molecule has 0 saturated carbocycles. The molecule has 0 spiro atoms. The molecule has 0 radical (unpaired) electrons. The van der Waals surface area contributed by atoms with Gasteiger partial charge in [0.05, 0.1) is 23.2 Å². The van der Waals surface area contributed by atoms with E-state index in [4.69, 9.17) is 9.47 Å². The molecule has 2 aromatic rings. The maximum absolute atomic E-state index is 13.1. The summed E-state index contributed by atoms with van der Waals surface area (Å²) in [6, 6.07) is 7.17. The first-order valence-corrected chi connectivity index (χ1v) is 9.74. The molecule has 0 amide bonds. The van der Waals surface area contributed by atoms with Gasteiger partial charge in [0.2, 0.25) is 0 Å². The Morgan fingerprint density at radius 3 is 2.27 bits per heavy atom. The van der Waals surface area contributed by atoms with Crippen LogP contribution >= 0.6 is 0 Å². The van der Waals surface area contributed by atoms with E-state index in [0.717, 1.165) is 5.56 Å². The van der Waals surface area contributed by atoms with Gasteiger partial charge in [-0.05, 0) is 57.0 Å². The lowest BCUT2D eigenvalue weighted by Gasteiger charge is -2.30. The zero-order valence-corrected chi connectivity index (χ0v) is 17.5. The van der Waals surface area contributed by atoms with E-state index >= 15 is 0 Å². The quantitative estimate of drug-likeness (QED) is 0.734. The number of pyridine rings is 2. The highest BCUT2D eigenvalue weighted by atomic mass is 16.5. The minimum Gasteiger partial charge on any atom is -0.460 e. The van der Waals surface area contributed by atoms with Crippen LogP contribution in [0.4, 0.5) is 0 Å². The SMILES string of the molecule is CC1=C(C(=O)OCc2ccncc2)C(c2cccnc2)C(C(=O)OC(C)C)=C(C)N1. The third-order valence-electron chi connectivity index (χ3n) is 4.68. The molecule has 0 aromatic carbocycles. The number of dihydropyridines is 1. The number of esters is 2. The van der Waals surface area contributed by atoms with Crippen molar-refractivity contribution >= 4 is 11.9 Å². The van der Waals surface area contributed by atoms with Crippen LogP contribution in [0.1, 0.15) is 44.7 Å². The van der Waals surface area contributed by atoms with Crippen molar-refractivity contribution in [2.45, 2.75) is 46.3 Å². The highest BCUT2D eigenvalue weighted by Crippen LogP contribution is 2.39. The third kappa shape index (κ3) is 4.74. The predicted octanol–water partition coefficient (Wildman–Crippen LogP) is 3.41. The second kappa shape index (κ2) is 9.35. The predicted molar refractivity (Wildman–Crippen MR) is 111 cm³/mol. The number of aromatic nitrogens is 2. The largest absolute Gasteiger partial charge is 0.460 e. The summed E-state index contributed by atoms with van der Waals surface area (Å²) < 4.78 is 11.0. The fourth-order valence-corrected chi connectivity index (χ4v) is 3.40. The van der Waals surface area contributed by atoms with Gasteiger partial charge in [0.15, 0.2) is 0 Å². The minimum atomic E-state index is -0.642. The van der Waals surface area contributed by atoms with E-state index < -0.39 is 17.9 Å². The molecule has 0 aliphatic carbocycles. The number of nitrogens with zero attached hydrogens (tertiary/aromatic N) is 2. The zero-order chi connectivity index (χ0) is 21.7. The van der Waals surface area contributed by atoms with E-state index in [2.05, 4.69) is 15.3 Å². The van der Waals surface area contributed by atoms with Crippen LogP contribution in [-0.2, 0) is 25.7 Å². The van der Waals surface area contributed by atoms with Crippen molar-refractivity contribution in [3.8, 4) is 0 Å². The smallest absolute Gasteiger partial charge is 0.337 e. The Morgan fingerprint density at radius 2 is 1.67 bits per heavy atom. The van der Waals surface area contributed by atoms with Crippen molar-refractivity contribution in [2.24, 2.45) is 0 Å². The Labute approximate surface area is 175 Å². The van der Waals surface area contributed by atoms with Gasteiger partial charge in [-0.1, -0.05) is 6.07 Å². The van der Waals surface area contributed by atoms with Crippen LogP contribution in [0.25, 0.3) is 0 Å². The monoisotopic (exact) mass is 407 g/mol. The van der Waals surface area contributed by atoms with Gasteiger partial charge >= 0.3 is 11.9 Å². The molecule has 7 heteroatoms. The van der Waals surface area contributed by atoms with Gasteiger partial charge in [-0.2, -0.15) is 0 Å². The summed E-state index contributed by atoms with van der Waals surface area (Å²) in [6.45, 7) is 7.26. The molecule has 30 heavy (non-hydrogen) atoms. The van der Waals surface area contributed by atoms with Crippen LogP contribution in [0.15, 0.2) is 71.6 Å². The number of hydrogen-bond acceptors (Lipinski definition) is 7. The summed E-state index contributed by atoms with van der Waals surface area (Å²) in [7, 11) is 0. The lowest BCUT2D eigenvalue weighted by atomic mass is 9.81. The van der Waals surface area contributed by atoms with Crippen molar-refractivity contribution in [2.75, 3.05) is 0 Å². The van der Waals surface area contributed by atoms with Crippen LogP contribution in [0, 0.1) is 0 Å². The standard InChI is InChI=1S/C23H25N3O4/c1-14(2)30-23(28)20-16(4)26-15(3)19(21(20)18-6-5-9-25-12-18)22(27)29-13-17-7-10-24-11-8-17/h5-12,14,21,26H,13H2,1-4H3. The lowest BCUT2D eigenvalue weighted by Crippen LogP contribution is -2.33. The summed E-state index contributed by atoms with van der Waals surface area (Å²) in [4.78, 5) is 34.2. The second-order valence-corrected chi connectivity index (χ2v) is 7.31. The highest BCUT2D eigenvalue weighted by molar-refractivity contribution is 5.99. The average Bonchev–Trinajstić information content (AvgIpc) is 2.72. The fourth-order valence-electron chi connectivity index (χ4n) is 3.40. The number of allylic oxidation sites excluding steroid dienone is 2. The van der Waals surface area contributed by atoms with Gasteiger partial charge in [0.1, 0.15) is 6.61 Å². The van der Waals surface area contributed by atoms with Crippen molar-refractivity contribution < 1.29 is 19.1 Å². The molecule has 1 aliphatic heterocycles. The Bertz CT molecular complexity index is 982. The molecule has 0 fully saturated rings. The summed E-state index contributed by atoms with van der Waals surface area (Å²) in [5.74, 6) is -1.63. The molecular weight excluding hydrogens is 382 g/mol. The van der Waals surface area contributed by atoms with E-state index in [0.29, 0.717) is 28.1 Å². The Hall–Kier alpha value is -3.48. The number of rotatable bonds is 6. The molecule has 0 saturated heterocycles. The minimum absolute atomic E-state index is 0.104.